The second-order valence-corrected chi connectivity index (χ2v) is 10.3. The van der Waals surface area contributed by atoms with Gasteiger partial charge in [-0.1, -0.05) is 121 Å². The zero-order valence-electron chi connectivity index (χ0n) is 24.4. The fraction of sp³-hybridized carbons (Fsp3) is 0. The monoisotopic (exact) mass is 602 g/mol. The highest BCUT2D eigenvalue weighted by Gasteiger charge is 2.21. The summed E-state index contributed by atoms with van der Waals surface area (Å²) in [6.45, 7) is 0. The van der Waals surface area contributed by atoms with Crippen LogP contribution >= 0.6 is 0 Å². The van der Waals surface area contributed by atoms with Gasteiger partial charge in [-0.3, -0.25) is 0 Å². The summed E-state index contributed by atoms with van der Waals surface area (Å²) in [5.74, 6) is 0.385. The van der Waals surface area contributed by atoms with Crippen molar-refractivity contribution < 1.29 is 19.1 Å². The second kappa shape index (κ2) is 12.6. The number of carbonyl (C=O) groups excluding carboxylic acids is 2. The van der Waals surface area contributed by atoms with Crippen LogP contribution in [0.25, 0.3) is 45.3 Å². The molecule has 46 heavy (non-hydrogen) atoms. The average Bonchev–Trinajstić information content (AvgIpc) is 3.74. The molecule has 0 unspecified atom stereocenters. The van der Waals surface area contributed by atoms with Crippen molar-refractivity contribution in [3.63, 3.8) is 0 Å². The van der Waals surface area contributed by atoms with E-state index in [-0.39, 0.29) is 22.9 Å². The molecule has 0 aliphatic rings. The molecule has 0 spiro atoms. The summed E-state index contributed by atoms with van der Waals surface area (Å²) >= 11 is 0. The number of aromatic amines is 2. The Balaban J connectivity index is 1.12. The number of H-pyrrole nitrogens is 2. The summed E-state index contributed by atoms with van der Waals surface area (Å²) in [5.41, 5.74) is 4.83. The van der Waals surface area contributed by atoms with E-state index in [1.807, 2.05) is 121 Å². The molecule has 0 amide bonds. The Morgan fingerprint density at radius 2 is 0.717 bits per heavy atom. The smallest absolute Gasteiger partial charge is 0.344 e. The summed E-state index contributed by atoms with van der Waals surface area (Å²) in [7, 11) is 0. The van der Waals surface area contributed by atoms with Gasteiger partial charge in [0.1, 0.15) is 23.0 Å². The first kappa shape index (κ1) is 28.2. The van der Waals surface area contributed by atoms with E-state index in [4.69, 9.17) is 19.4 Å². The molecule has 0 atom stereocenters. The van der Waals surface area contributed by atoms with Crippen LogP contribution in [-0.4, -0.2) is 31.9 Å². The van der Waals surface area contributed by atoms with Crippen LogP contribution < -0.4 is 9.47 Å². The largest absolute Gasteiger partial charge is 0.403 e. The molecule has 2 N–H and O–H groups in total. The van der Waals surface area contributed by atoms with Gasteiger partial charge in [-0.25, -0.2) is 19.6 Å². The van der Waals surface area contributed by atoms with Crippen LogP contribution in [0.2, 0.25) is 0 Å². The Labute approximate surface area is 264 Å². The van der Waals surface area contributed by atoms with Gasteiger partial charge in [0.2, 0.25) is 11.8 Å². The van der Waals surface area contributed by atoms with Crippen LogP contribution in [-0.2, 0) is 0 Å². The molecule has 0 radical (unpaired) electrons. The molecule has 0 aliphatic heterocycles. The highest BCUT2D eigenvalue weighted by Crippen LogP contribution is 2.33. The lowest BCUT2D eigenvalue weighted by Crippen LogP contribution is -2.12. The quantitative estimate of drug-likeness (QED) is 0.170. The van der Waals surface area contributed by atoms with Gasteiger partial charge in [0.05, 0.1) is 11.1 Å². The molecule has 8 heteroatoms. The molecular weight excluding hydrogens is 576 g/mol. The summed E-state index contributed by atoms with van der Waals surface area (Å²) in [6, 6.07) is 44.2. The first-order valence-electron chi connectivity index (χ1n) is 14.6. The van der Waals surface area contributed by atoms with Crippen molar-refractivity contribution in [2.75, 3.05) is 0 Å². The molecule has 0 saturated heterocycles. The first-order valence-corrected chi connectivity index (χ1v) is 14.6. The van der Waals surface area contributed by atoms with E-state index in [1.54, 1.807) is 0 Å². The minimum absolute atomic E-state index is 0.223. The highest BCUT2D eigenvalue weighted by atomic mass is 16.5. The maximum absolute atomic E-state index is 13.3. The van der Waals surface area contributed by atoms with Crippen molar-refractivity contribution in [2.45, 2.75) is 0 Å². The number of hydrogen-bond acceptors (Lipinski definition) is 6. The van der Waals surface area contributed by atoms with E-state index >= 15 is 0 Å². The normalized spacial score (nSPS) is 10.8. The van der Waals surface area contributed by atoms with Crippen LogP contribution in [0.15, 0.2) is 146 Å². The maximum Gasteiger partial charge on any atom is 0.344 e. The third-order valence-corrected chi connectivity index (χ3v) is 7.28. The highest BCUT2D eigenvalue weighted by molar-refractivity contribution is 5.95. The molecular formula is C38H26N4O4. The number of carbonyl (C=O) groups is 2. The Kier molecular flexibility index (Phi) is 7.73. The third kappa shape index (κ3) is 5.95. The Morgan fingerprint density at radius 1 is 0.413 bits per heavy atom. The van der Waals surface area contributed by atoms with Gasteiger partial charge in [0.15, 0.2) is 0 Å². The molecule has 0 fully saturated rings. The van der Waals surface area contributed by atoms with Gasteiger partial charge in [-0.05, 0) is 24.3 Å². The van der Waals surface area contributed by atoms with Crippen LogP contribution in [0.1, 0.15) is 20.7 Å². The SMILES string of the molecule is O=C(Oc1[nH]c(-c2ccccc2)nc1-c1ccccc1)c1ccc(C(=O)Oc2[nH]c(-c3ccccc3)nc2-c2ccccc2)cc1. The number of nitrogens with one attached hydrogen (secondary N) is 2. The van der Waals surface area contributed by atoms with E-state index in [0.717, 1.165) is 22.3 Å². The lowest BCUT2D eigenvalue weighted by atomic mass is 10.1. The van der Waals surface area contributed by atoms with Crippen LogP contribution in [0.3, 0.4) is 0 Å². The van der Waals surface area contributed by atoms with E-state index < -0.39 is 11.9 Å². The molecule has 2 heterocycles. The topological polar surface area (TPSA) is 110 Å². The minimum Gasteiger partial charge on any atom is -0.403 e. The van der Waals surface area contributed by atoms with Gasteiger partial charge in [0.25, 0.3) is 0 Å². The van der Waals surface area contributed by atoms with Gasteiger partial charge in [0, 0.05) is 22.3 Å². The van der Waals surface area contributed by atoms with E-state index in [0.29, 0.717) is 23.0 Å². The van der Waals surface area contributed by atoms with Crippen LogP contribution in [0.5, 0.6) is 11.8 Å². The van der Waals surface area contributed by atoms with Gasteiger partial charge < -0.3 is 19.4 Å². The standard InChI is InChI=1S/C38H26N4O4/c43-37(45-35-31(25-13-5-1-6-14-25)39-33(41-35)27-17-9-3-10-18-27)29-21-23-30(24-22-29)38(44)46-36-32(26-15-7-2-8-16-26)40-34(42-36)28-19-11-4-12-20-28/h1-24H,(H,39,41)(H,40,42). The molecule has 0 bridgehead atoms. The number of nitrogens with zero attached hydrogens (tertiary/aromatic N) is 2. The first-order chi connectivity index (χ1) is 22.6. The Hall–Kier alpha value is -6.54. The van der Waals surface area contributed by atoms with Crippen molar-refractivity contribution in [3.8, 4) is 57.1 Å². The van der Waals surface area contributed by atoms with Crippen molar-refractivity contribution in [1.82, 2.24) is 19.9 Å². The zero-order valence-corrected chi connectivity index (χ0v) is 24.4. The Bertz CT molecular complexity index is 1950. The van der Waals surface area contributed by atoms with Crippen molar-refractivity contribution in [1.29, 1.82) is 0 Å². The van der Waals surface area contributed by atoms with Crippen LogP contribution in [0.4, 0.5) is 0 Å². The van der Waals surface area contributed by atoms with Crippen molar-refractivity contribution in [2.24, 2.45) is 0 Å². The molecule has 7 rings (SSSR count). The third-order valence-electron chi connectivity index (χ3n) is 7.28. The van der Waals surface area contributed by atoms with Gasteiger partial charge in [-0.2, -0.15) is 0 Å². The lowest BCUT2D eigenvalue weighted by Gasteiger charge is -2.07. The van der Waals surface area contributed by atoms with E-state index in [9.17, 15) is 9.59 Å². The number of ether oxygens (including phenoxy) is 2. The summed E-state index contributed by atoms with van der Waals surface area (Å²) < 4.78 is 11.6. The predicted molar refractivity (Wildman–Crippen MR) is 175 cm³/mol. The number of esters is 2. The maximum atomic E-state index is 13.3. The van der Waals surface area contributed by atoms with Gasteiger partial charge >= 0.3 is 11.9 Å². The molecule has 0 saturated carbocycles. The fourth-order valence-electron chi connectivity index (χ4n) is 4.96. The molecule has 7 aromatic rings. The number of aromatic nitrogens is 4. The second-order valence-electron chi connectivity index (χ2n) is 10.3. The molecule has 2 aromatic heterocycles. The fourth-order valence-corrected chi connectivity index (χ4v) is 4.96. The predicted octanol–water partition coefficient (Wildman–Crippen LogP) is 8.24. The van der Waals surface area contributed by atoms with Crippen molar-refractivity contribution >= 4 is 11.9 Å². The zero-order chi connectivity index (χ0) is 31.3. The number of hydrogen-bond donors (Lipinski definition) is 2. The number of rotatable bonds is 8. The average molecular weight is 603 g/mol. The minimum atomic E-state index is -0.604. The van der Waals surface area contributed by atoms with Crippen LogP contribution in [0, 0.1) is 0 Å². The van der Waals surface area contributed by atoms with E-state index in [2.05, 4.69) is 9.97 Å². The summed E-state index contributed by atoms with van der Waals surface area (Å²) in [6.07, 6.45) is 0. The molecule has 5 aromatic carbocycles. The lowest BCUT2D eigenvalue weighted by molar-refractivity contribution is 0.0715. The Morgan fingerprint density at radius 3 is 1.04 bits per heavy atom. The molecule has 8 nitrogen and oxygen atoms in total. The van der Waals surface area contributed by atoms with E-state index in [1.165, 1.54) is 24.3 Å². The summed E-state index contributed by atoms with van der Waals surface area (Å²) in [4.78, 5) is 42.3. The molecule has 222 valence electrons. The number of imidazole rings is 2. The summed E-state index contributed by atoms with van der Waals surface area (Å²) in [5, 5.41) is 0. The van der Waals surface area contributed by atoms with Gasteiger partial charge in [-0.15, -0.1) is 0 Å². The molecule has 0 aliphatic carbocycles. The van der Waals surface area contributed by atoms with Crippen molar-refractivity contribution in [3.05, 3.63) is 157 Å². The number of benzene rings is 5.